The molecule has 0 spiro atoms. The average molecular weight is 453 g/mol. The van der Waals surface area contributed by atoms with Crippen molar-refractivity contribution in [2.24, 2.45) is 0 Å². The van der Waals surface area contributed by atoms with Crippen LogP contribution in [0.25, 0.3) is 0 Å². The molecule has 0 saturated carbocycles. The minimum absolute atomic E-state index is 0.0146. The van der Waals surface area contributed by atoms with Gasteiger partial charge < -0.3 is 19.7 Å². The highest BCUT2D eigenvalue weighted by Crippen LogP contribution is 2.29. The van der Waals surface area contributed by atoms with Crippen molar-refractivity contribution < 1.29 is 19.1 Å². The molecule has 178 valence electrons. The number of amides is 2. The van der Waals surface area contributed by atoms with Crippen LogP contribution in [0.4, 0.5) is 4.79 Å². The summed E-state index contributed by atoms with van der Waals surface area (Å²) in [6.45, 7) is 6.12. The van der Waals surface area contributed by atoms with Gasteiger partial charge in [0.05, 0.1) is 31.7 Å². The summed E-state index contributed by atoms with van der Waals surface area (Å²) in [7, 11) is 1.67. The number of aryl methyl sites for hydroxylation is 1. The summed E-state index contributed by atoms with van der Waals surface area (Å²) in [6.07, 6.45) is 2.30. The molecule has 6 nitrogen and oxygen atoms in total. The van der Waals surface area contributed by atoms with Gasteiger partial charge in [-0.3, -0.25) is 4.79 Å². The summed E-state index contributed by atoms with van der Waals surface area (Å²) in [4.78, 5) is 26.9. The van der Waals surface area contributed by atoms with Gasteiger partial charge in [-0.2, -0.15) is 0 Å². The van der Waals surface area contributed by atoms with Crippen LogP contribution in [-0.4, -0.2) is 42.2 Å². The molecule has 1 aliphatic rings. The predicted molar refractivity (Wildman–Crippen MR) is 129 cm³/mol. The van der Waals surface area contributed by atoms with Crippen LogP contribution in [0, 0.1) is 0 Å². The van der Waals surface area contributed by atoms with Crippen LogP contribution in [0.15, 0.2) is 54.6 Å². The minimum Gasteiger partial charge on any atom is -0.444 e. The van der Waals surface area contributed by atoms with Crippen LogP contribution >= 0.6 is 0 Å². The topological polar surface area (TPSA) is 67.9 Å². The van der Waals surface area contributed by atoms with Crippen LogP contribution in [0.1, 0.15) is 62.8 Å². The van der Waals surface area contributed by atoms with E-state index in [9.17, 15) is 9.59 Å². The molecule has 0 fully saturated rings. The number of hydrogen-bond acceptors (Lipinski definition) is 4. The van der Waals surface area contributed by atoms with Gasteiger partial charge in [0.15, 0.2) is 0 Å². The summed E-state index contributed by atoms with van der Waals surface area (Å²) < 4.78 is 11.6. The molecular formula is C27H36N2O4. The Morgan fingerprint density at radius 3 is 2.52 bits per heavy atom. The van der Waals surface area contributed by atoms with Gasteiger partial charge in [-0.25, -0.2) is 4.79 Å². The first kappa shape index (κ1) is 24.8. The lowest BCUT2D eigenvalue weighted by Gasteiger charge is -2.29. The third-order valence-electron chi connectivity index (χ3n) is 5.63. The van der Waals surface area contributed by atoms with Crippen molar-refractivity contribution in [1.29, 1.82) is 0 Å². The molecule has 2 unspecified atom stereocenters. The fraction of sp³-hybridized carbons (Fsp3) is 0.481. The molecule has 1 N–H and O–H groups in total. The number of hydrogen-bond donors (Lipinski definition) is 1. The van der Waals surface area contributed by atoms with Crippen LogP contribution in [-0.2, 0) is 27.3 Å². The molecule has 0 saturated heterocycles. The van der Waals surface area contributed by atoms with Crippen molar-refractivity contribution >= 4 is 12.0 Å². The third kappa shape index (κ3) is 7.90. The third-order valence-corrected chi connectivity index (χ3v) is 5.63. The van der Waals surface area contributed by atoms with Crippen LogP contribution in [0.2, 0.25) is 0 Å². The van der Waals surface area contributed by atoms with Crippen LogP contribution in [0.5, 0.6) is 0 Å². The molecule has 2 amide bonds. The maximum absolute atomic E-state index is 13.0. The van der Waals surface area contributed by atoms with E-state index in [0.717, 1.165) is 24.8 Å². The molecule has 1 aliphatic carbocycles. The number of carbonyl (C=O) groups is 2. The summed E-state index contributed by atoms with van der Waals surface area (Å²) >= 11 is 0. The summed E-state index contributed by atoms with van der Waals surface area (Å²) in [5.41, 5.74) is 2.93. The molecule has 33 heavy (non-hydrogen) atoms. The van der Waals surface area contributed by atoms with Crippen LogP contribution in [0.3, 0.4) is 0 Å². The second kappa shape index (κ2) is 11.3. The van der Waals surface area contributed by atoms with E-state index in [2.05, 4.69) is 17.4 Å². The first-order valence-electron chi connectivity index (χ1n) is 11.7. The molecule has 2 aromatic rings. The van der Waals surface area contributed by atoms with E-state index in [1.54, 1.807) is 7.05 Å². The molecular weight excluding hydrogens is 416 g/mol. The Bertz CT molecular complexity index is 923. The zero-order valence-corrected chi connectivity index (χ0v) is 20.2. The highest BCUT2D eigenvalue weighted by atomic mass is 16.6. The Kier molecular flexibility index (Phi) is 8.50. The monoisotopic (exact) mass is 452 g/mol. The van der Waals surface area contributed by atoms with Gasteiger partial charge in [0, 0.05) is 7.05 Å². The number of likely N-dealkylation sites (N-methyl/N-ethyl adjacent to an activating group) is 1. The minimum atomic E-state index is -0.586. The lowest BCUT2D eigenvalue weighted by Crippen LogP contribution is -2.41. The quantitative estimate of drug-likeness (QED) is 0.610. The smallest absolute Gasteiger partial charge is 0.410 e. The van der Waals surface area contributed by atoms with E-state index < -0.39 is 17.8 Å². The number of rotatable bonds is 8. The van der Waals surface area contributed by atoms with Crippen molar-refractivity contribution in [3.63, 3.8) is 0 Å². The normalized spacial score (nSPS) is 16.4. The Labute approximate surface area is 197 Å². The Morgan fingerprint density at radius 2 is 1.79 bits per heavy atom. The average Bonchev–Trinajstić information content (AvgIpc) is 2.77. The summed E-state index contributed by atoms with van der Waals surface area (Å²) in [5, 5.41) is 3.19. The number of nitrogens with zero attached hydrogens (tertiary/aromatic N) is 1. The molecule has 0 aliphatic heterocycles. The number of carbonyl (C=O) groups excluding carboxylic acids is 2. The standard InChI is InChI=1S/C27H36N2O4/c1-27(2,3)33-26(31)29(4)18-22(32-19-20-11-6-5-7-12-20)17-25(30)28-24-16-10-14-21-13-8-9-15-23(21)24/h5-9,11-13,15,22,24H,10,14,16-19H2,1-4H3,(H,28,30). The number of nitrogens with one attached hydrogen (secondary N) is 1. The zero-order valence-electron chi connectivity index (χ0n) is 20.2. The van der Waals surface area contributed by atoms with Crippen molar-refractivity contribution in [1.82, 2.24) is 10.2 Å². The molecule has 2 aromatic carbocycles. The van der Waals surface area contributed by atoms with Gasteiger partial charge in [-0.1, -0.05) is 54.6 Å². The second-order valence-corrected chi connectivity index (χ2v) is 9.69. The van der Waals surface area contributed by atoms with Gasteiger partial charge in [0.1, 0.15) is 5.60 Å². The van der Waals surface area contributed by atoms with Gasteiger partial charge in [-0.05, 0) is 56.7 Å². The van der Waals surface area contributed by atoms with Crippen molar-refractivity contribution in [3.8, 4) is 0 Å². The maximum atomic E-state index is 13.0. The zero-order chi connectivity index (χ0) is 23.8. The molecule has 0 bridgehead atoms. The molecule has 0 heterocycles. The first-order valence-corrected chi connectivity index (χ1v) is 11.7. The lowest BCUT2D eigenvalue weighted by molar-refractivity contribution is -0.125. The molecule has 0 aromatic heterocycles. The predicted octanol–water partition coefficient (Wildman–Crippen LogP) is 5.02. The van der Waals surface area contributed by atoms with E-state index in [1.807, 2.05) is 63.2 Å². The summed E-state index contributed by atoms with van der Waals surface area (Å²) in [5.74, 6) is -0.0765. The number of fused-ring (bicyclic) bond motifs is 1. The Balaban J connectivity index is 1.64. The van der Waals surface area contributed by atoms with Crippen molar-refractivity contribution in [2.75, 3.05) is 13.6 Å². The fourth-order valence-electron chi connectivity index (χ4n) is 4.05. The highest BCUT2D eigenvalue weighted by molar-refractivity contribution is 5.77. The van der Waals surface area contributed by atoms with E-state index in [0.29, 0.717) is 6.61 Å². The molecule has 2 atom stereocenters. The van der Waals surface area contributed by atoms with Gasteiger partial charge in [0.25, 0.3) is 0 Å². The first-order chi connectivity index (χ1) is 15.7. The Morgan fingerprint density at radius 1 is 1.09 bits per heavy atom. The Hall–Kier alpha value is -2.86. The number of benzene rings is 2. The van der Waals surface area contributed by atoms with E-state index >= 15 is 0 Å². The second-order valence-electron chi connectivity index (χ2n) is 9.69. The van der Waals surface area contributed by atoms with Crippen LogP contribution < -0.4 is 5.32 Å². The molecule has 3 rings (SSSR count). The van der Waals surface area contributed by atoms with Gasteiger partial charge in [-0.15, -0.1) is 0 Å². The van der Waals surface area contributed by atoms with Crippen molar-refractivity contribution in [3.05, 3.63) is 71.3 Å². The maximum Gasteiger partial charge on any atom is 0.410 e. The van der Waals surface area contributed by atoms with E-state index in [1.165, 1.54) is 16.0 Å². The van der Waals surface area contributed by atoms with Crippen molar-refractivity contribution in [2.45, 2.75) is 70.8 Å². The van der Waals surface area contributed by atoms with E-state index in [-0.39, 0.29) is 24.9 Å². The van der Waals surface area contributed by atoms with Gasteiger partial charge in [0.2, 0.25) is 5.91 Å². The van der Waals surface area contributed by atoms with E-state index in [4.69, 9.17) is 9.47 Å². The summed E-state index contributed by atoms with van der Waals surface area (Å²) in [6, 6.07) is 18.1. The SMILES string of the molecule is CN(CC(CC(=O)NC1CCCc2ccccc21)OCc1ccccc1)C(=O)OC(C)(C)C. The molecule has 6 heteroatoms. The fourth-order valence-corrected chi connectivity index (χ4v) is 4.05. The van der Waals surface area contributed by atoms with Gasteiger partial charge >= 0.3 is 6.09 Å². The lowest BCUT2D eigenvalue weighted by atomic mass is 9.87. The molecule has 0 radical (unpaired) electrons. The largest absolute Gasteiger partial charge is 0.444 e. The highest BCUT2D eigenvalue weighted by Gasteiger charge is 2.26. The number of ether oxygens (including phenoxy) is 2.